The van der Waals surface area contributed by atoms with Crippen LogP contribution in [0.1, 0.15) is 42.5 Å². The van der Waals surface area contributed by atoms with Crippen molar-refractivity contribution in [2.45, 2.75) is 33.1 Å². The summed E-state index contributed by atoms with van der Waals surface area (Å²) in [6, 6.07) is 5.34. The number of anilines is 1. The second kappa shape index (κ2) is 4.84. The Labute approximate surface area is 112 Å². The van der Waals surface area contributed by atoms with Gasteiger partial charge in [-0.1, -0.05) is 20.8 Å². The average Bonchev–Trinajstić information content (AvgIpc) is 2.77. The van der Waals surface area contributed by atoms with E-state index in [1.807, 2.05) is 6.07 Å². The predicted octanol–water partition coefficient (Wildman–Crippen LogP) is 2.66. The lowest BCUT2D eigenvalue weighted by Gasteiger charge is -2.14. The van der Waals surface area contributed by atoms with E-state index in [0.717, 1.165) is 5.69 Å². The Bertz CT molecular complexity index is 595. The molecule has 5 heteroatoms. The van der Waals surface area contributed by atoms with E-state index >= 15 is 0 Å². The van der Waals surface area contributed by atoms with Crippen LogP contribution in [-0.4, -0.2) is 21.1 Å². The van der Waals surface area contributed by atoms with E-state index in [0.29, 0.717) is 17.1 Å². The molecule has 2 heterocycles. The number of aromatic amines is 1. The summed E-state index contributed by atoms with van der Waals surface area (Å²) >= 11 is 0. The second-order valence-electron chi connectivity index (χ2n) is 5.51. The summed E-state index contributed by atoms with van der Waals surface area (Å²) < 4.78 is 0. The fraction of sp³-hybridized carbons (Fsp3) is 0.357. The largest absolute Gasteiger partial charge is 0.305 e. The first-order chi connectivity index (χ1) is 8.88. The highest BCUT2D eigenvalue weighted by atomic mass is 16.1. The molecule has 0 saturated heterocycles. The van der Waals surface area contributed by atoms with Crippen LogP contribution in [0.2, 0.25) is 0 Å². The van der Waals surface area contributed by atoms with Gasteiger partial charge in [0, 0.05) is 29.1 Å². The molecule has 100 valence electrons. The fourth-order valence-electron chi connectivity index (χ4n) is 1.68. The lowest BCUT2D eigenvalue weighted by atomic mass is 9.92. The van der Waals surface area contributed by atoms with Gasteiger partial charge in [0.2, 0.25) is 0 Å². The summed E-state index contributed by atoms with van der Waals surface area (Å²) in [5, 5.41) is 9.81. The van der Waals surface area contributed by atoms with Gasteiger partial charge in [-0.2, -0.15) is 5.10 Å². The van der Waals surface area contributed by atoms with Crippen molar-refractivity contribution in [2.75, 3.05) is 5.32 Å². The highest BCUT2D eigenvalue weighted by Crippen LogP contribution is 2.22. The van der Waals surface area contributed by atoms with Crippen molar-refractivity contribution in [1.29, 1.82) is 0 Å². The number of H-pyrrole nitrogens is 1. The number of rotatable bonds is 2. The number of nitrogens with one attached hydrogen (secondary N) is 2. The Kier molecular flexibility index (Phi) is 3.38. The highest BCUT2D eigenvalue weighted by molar-refractivity contribution is 6.04. The molecule has 0 radical (unpaired) electrons. The first-order valence-corrected chi connectivity index (χ1v) is 6.17. The summed E-state index contributed by atoms with van der Waals surface area (Å²) in [6.07, 6.45) is 1.67. The quantitative estimate of drug-likeness (QED) is 0.870. The van der Waals surface area contributed by atoms with Gasteiger partial charge in [0.1, 0.15) is 0 Å². The lowest BCUT2D eigenvalue weighted by molar-refractivity contribution is 0.102. The molecule has 0 saturated carbocycles. The van der Waals surface area contributed by atoms with Crippen molar-refractivity contribution in [1.82, 2.24) is 15.2 Å². The van der Waals surface area contributed by atoms with Gasteiger partial charge in [-0.15, -0.1) is 0 Å². The number of pyridine rings is 1. The van der Waals surface area contributed by atoms with Crippen LogP contribution in [0, 0.1) is 6.92 Å². The third kappa shape index (κ3) is 2.99. The van der Waals surface area contributed by atoms with Gasteiger partial charge in [0.25, 0.3) is 5.91 Å². The van der Waals surface area contributed by atoms with Gasteiger partial charge in [-0.3, -0.25) is 14.9 Å². The number of carbonyl (C=O) groups excluding carboxylic acids is 1. The molecular formula is C14H18N4O. The molecule has 0 unspecified atom stereocenters. The number of hydrogen-bond acceptors (Lipinski definition) is 3. The zero-order valence-corrected chi connectivity index (χ0v) is 11.6. The second-order valence-corrected chi connectivity index (χ2v) is 5.51. The van der Waals surface area contributed by atoms with Crippen LogP contribution in [0.15, 0.2) is 24.4 Å². The maximum atomic E-state index is 12.1. The van der Waals surface area contributed by atoms with Gasteiger partial charge in [-0.25, -0.2) is 0 Å². The van der Waals surface area contributed by atoms with Crippen LogP contribution in [0.3, 0.4) is 0 Å². The van der Waals surface area contributed by atoms with Crippen molar-refractivity contribution in [3.05, 3.63) is 41.3 Å². The van der Waals surface area contributed by atoms with E-state index < -0.39 is 0 Å². The molecule has 1 amide bonds. The Morgan fingerprint density at radius 2 is 2.11 bits per heavy atom. The van der Waals surface area contributed by atoms with E-state index in [1.165, 1.54) is 0 Å². The minimum absolute atomic E-state index is 0.0276. The zero-order chi connectivity index (χ0) is 14.0. The maximum absolute atomic E-state index is 12.1. The van der Waals surface area contributed by atoms with Crippen LogP contribution in [0.25, 0.3) is 0 Å². The molecule has 2 N–H and O–H groups in total. The maximum Gasteiger partial charge on any atom is 0.258 e. The first-order valence-electron chi connectivity index (χ1n) is 6.17. The molecular weight excluding hydrogens is 240 g/mol. The minimum Gasteiger partial charge on any atom is -0.305 e. The van der Waals surface area contributed by atoms with E-state index in [4.69, 9.17) is 0 Å². The molecule has 0 atom stereocenters. The van der Waals surface area contributed by atoms with E-state index in [2.05, 4.69) is 41.3 Å². The Balaban J connectivity index is 2.16. The Morgan fingerprint density at radius 3 is 2.68 bits per heavy atom. The number of amides is 1. The van der Waals surface area contributed by atoms with Gasteiger partial charge in [-0.05, 0) is 19.1 Å². The van der Waals surface area contributed by atoms with Crippen LogP contribution in [0.5, 0.6) is 0 Å². The third-order valence-electron chi connectivity index (χ3n) is 2.88. The SMILES string of the molecule is Cc1ncccc1C(=O)Nc1cc(C(C)(C)C)[nH]n1. The minimum atomic E-state index is -0.197. The zero-order valence-electron chi connectivity index (χ0n) is 11.6. The van der Waals surface area contributed by atoms with Crippen molar-refractivity contribution in [3.8, 4) is 0 Å². The molecule has 2 aromatic heterocycles. The van der Waals surface area contributed by atoms with Gasteiger partial charge < -0.3 is 5.32 Å². The number of carbonyl (C=O) groups is 1. The molecule has 5 nitrogen and oxygen atoms in total. The molecule has 0 aliphatic rings. The molecule has 0 aliphatic carbocycles. The Morgan fingerprint density at radius 1 is 1.37 bits per heavy atom. The van der Waals surface area contributed by atoms with Crippen LogP contribution < -0.4 is 5.32 Å². The summed E-state index contributed by atoms with van der Waals surface area (Å²) in [4.78, 5) is 16.2. The molecule has 0 fully saturated rings. The number of hydrogen-bond donors (Lipinski definition) is 2. The standard InChI is InChI=1S/C14H18N4O/c1-9-10(6-5-7-15-9)13(19)16-12-8-11(17-18-12)14(2,3)4/h5-8H,1-4H3,(H2,16,17,18,19). The average molecular weight is 258 g/mol. The number of aromatic nitrogens is 3. The van der Waals surface area contributed by atoms with Gasteiger partial charge >= 0.3 is 0 Å². The predicted molar refractivity (Wildman–Crippen MR) is 74.2 cm³/mol. The molecule has 2 rings (SSSR count). The monoisotopic (exact) mass is 258 g/mol. The van der Waals surface area contributed by atoms with Crippen LogP contribution >= 0.6 is 0 Å². The lowest BCUT2D eigenvalue weighted by Crippen LogP contribution is -2.14. The number of nitrogens with zero attached hydrogens (tertiary/aromatic N) is 2. The third-order valence-corrected chi connectivity index (χ3v) is 2.88. The van der Waals surface area contributed by atoms with Crippen molar-refractivity contribution < 1.29 is 4.79 Å². The Hall–Kier alpha value is -2.17. The summed E-state index contributed by atoms with van der Waals surface area (Å²) in [6.45, 7) is 8.05. The molecule has 0 aliphatic heterocycles. The smallest absolute Gasteiger partial charge is 0.258 e. The summed E-state index contributed by atoms with van der Waals surface area (Å²) in [7, 11) is 0. The van der Waals surface area contributed by atoms with Gasteiger partial charge in [0.15, 0.2) is 5.82 Å². The van der Waals surface area contributed by atoms with Crippen LogP contribution in [-0.2, 0) is 5.41 Å². The molecule has 0 bridgehead atoms. The normalized spacial score (nSPS) is 11.4. The fourth-order valence-corrected chi connectivity index (χ4v) is 1.68. The highest BCUT2D eigenvalue weighted by Gasteiger charge is 2.18. The number of aryl methyl sites for hydroxylation is 1. The van der Waals surface area contributed by atoms with Crippen molar-refractivity contribution in [3.63, 3.8) is 0 Å². The topological polar surface area (TPSA) is 70.7 Å². The molecule has 0 spiro atoms. The van der Waals surface area contributed by atoms with Crippen molar-refractivity contribution in [2.24, 2.45) is 0 Å². The first kappa shape index (κ1) is 13.3. The molecule has 2 aromatic rings. The van der Waals surface area contributed by atoms with Crippen LogP contribution in [0.4, 0.5) is 5.82 Å². The summed E-state index contributed by atoms with van der Waals surface area (Å²) in [5.74, 6) is 0.329. The molecule has 0 aromatic carbocycles. The van der Waals surface area contributed by atoms with Gasteiger partial charge in [0.05, 0.1) is 5.56 Å². The molecule has 19 heavy (non-hydrogen) atoms. The summed E-state index contributed by atoms with van der Waals surface area (Å²) in [5.41, 5.74) is 2.21. The van der Waals surface area contributed by atoms with E-state index in [9.17, 15) is 4.79 Å². The van der Waals surface area contributed by atoms with E-state index in [-0.39, 0.29) is 11.3 Å². The van der Waals surface area contributed by atoms with Crippen molar-refractivity contribution >= 4 is 11.7 Å². The van der Waals surface area contributed by atoms with E-state index in [1.54, 1.807) is 25.3 Å².